The van der Waals surface area contributed by atoms with Crippen molar-refractivity contribution in [2.45, 2.75) is 46.7 Å². The molecule has 1 N–H and O–H groups in total. The van der Waals surface area contributed by atoms with Gasteiger partial charge in [-0.2, -0.15) is 0 Å². The summed E-state index contributed by atoms with van der Waals surface area (Å²) in [6, 6.07) is 7.27. The molecule has 3 heteroatoms. The molecular formula is C17H30N2O. The smallest absolute Gasteiger partial charge is 0.0637 e. The second-order valence-corrected chi connectivity index (χ2v) is 5.36. The molecule has 3 nitrogen and oxygen atoms in total. The number of ether oxygens (including phenoxy) is 1. The molecule has 0 radical (unpaired) electrons. The second kappa shape index (κ2) is 8.98. The molecule has 0 bridgehead atoms. The largest absolute Gasteiger partial charge is 0.383 e. The standard InChI is InChI=1S/C17H30N2O/c1-6-15(4)19(10-11-20-5)17-9-8-14(3)12-16(17)13-18-7-2/h8-9,12,15,18H,6-7,10-11,13H2,1-5H3. The van der Waals surface area contributed by atoms with E-state index >= 15 is 0 Å². The van der Waals surface area contributed by atoms with Gasteiger partial charge in [-0.25, -0.2) is 0 Å². The number of nitrogens with one attached hydrogen (secondary N) is 1. The summed E-state index contributed by atoms with van der Waals surface area (Å²) in [5.41, 5.74) is 4.03. The molecule has 0 fully saturated rings. The van der Waals surface area contributed by atoms with E-state index in [1.165, 1.54) is 16.8 Å². The minimum absolute atomic E-state index is 0.522. The van der Waals surface area contributed by atoms with E-state index in [-0.39, 0.29) is 0 Å². The Morgan fingerprint density at radius 2 is 2.05 bits per heavy atom. The zero-order valence-corrected chi connectivity index (χ0v) is 13.7. The number of hydrogen-bond donors (Lipinski definition) is 1. The molecule has 1 unspecified atom stereocenters. The van der Waals surface area contributed by atoms with Crippen molar-refractivity contribution in [2.24, 2.45) is 0 Å². The Kier molecular flexibility index (Phi) is 7.63. The summed E-state index contributed by atoms with van der Waals surface area (Å²) in [7, 11) is 1.77. The fraction of sp³-hybridized carbons (Fsp3) is 0.647. The van der Waals surface area contributed by atoms with Crippen LogP contribution in [0.3, 0.4) is 0 Å². The van der Waals surface area contributed by atoms with Gasteiger partial charge in [-0.1, -0.05) is 31.5 Å². The van der Waals surface area contributed by atoms with E-state index in [0.29, 0.717) is 6.04 Å². The third-order valence-corrected chi connectivity index (χ3v) is 3.77. The third-order valence-electron chi connectivity index (χ3n) is 3.77. The SMILES string of the molecule is CCNCc1cc(C)ccc1N(CCOC)C(C)CC. The molecule has 0 aliphatic carbocycles. The Labute approximate surface area is 124 Å². The molecule has 0 aliphatic heterocycles. The van der Waals surface area contributed by atoms with Crippen LogP contribution in [0.2, 0.25) is 0 Å². The van der Waals surface area contributed by atoms with Gasteiger partial charge in [-0.15, -0.1) is 0 Å². The fourth-order valence-electron chi connectivity index (χ4n) is 2.38. The lowest BCUT2D eigenvalue weighted by Gasteiger charge is -2.32. The van der Waals surface area contributed by atoms with Crippen LogP contribution in [-0.4, -0.2) is 32.8 Å². The number of anilines is 1. The lowest BCUT2D eigenvalue weighted by Crippen LogP contribution is -2.36. The van der Waals surface area contributed by atoms with Crippen LogP contribution in [0.25, 0.3) is 0 Å². The Morgan fingerprint density at radius 1 is 1.30 bits per heavy atom. The molecule has 0 spiro atoms. The van der Waals surface area contributed by atoms with Crippen molar-refractivity contribution in [1.29, 1.82) is 0 Å². The van der Waals surface area contributed by atoms with E-state index in [4.69, 9.17) is 4.74 Å². The quantitative estimate of drug-likeness (QED) is 0.749. The Morgan fingerprint density at radius 3 is 2.65 bits per heavy atom. The number of nitrogens with zero attached hydrogens (tertiary/aromatic N) is 1. The monoisotopic (exact) mass is 278 g/mol. The summed E-state index contributed by atoms with van der Waals surface area (Å²) in [4.78, 5) is 2.47. The second-order valence-electron chi connectivity index (χ2n) is 5.36. The molecule has 1 aromatic rings. The zero-order chi connectivity index (χ0) is 15.0. The molecule has 0 heterocycles. The maximum Gasteiger partial charge on any atom is 0.0637 e. The number of hydrogen-bond acceptors (Lipinski definition) is 3. The maximum atomic E-state index is 5.28. The first-order valence-electron chi connectivity index (χ1n) is 7.69. The van der Waals surface area contributed by atoms with E-state index in [0.717, 1.165) is 32.7 Å². The van der Waals surface area contributed by atoms with Crippen LogP contribution in [0.15, 0.2) is 18.2 Å². The van der Waals surface area contributed by atoms with Gasteiger partial charge in [0.25, 0.3) is 0 Å². The van der Waals surface area contributed by atoms with Crippen LogP contribution in [0.4, 0.5) is 5.69 Å². The minimum Gasteiger partial charge on any atom is -0.383 e. The van der Waals surface area contributed by atoms with E-state index in [1.54, 1.807) is 7.11 Å². The number of aryl methyl sites for hydroxylation is 1. The average Bonchev–Trinajstić information content (AvgIpc) is 2.46. The van der Waals surface area contributed by atoms with Crippen molar-refractivity contribution in [3.05, 3.63) is 29.3 Å². The molecule has 20 heavy (non-hydrogen) atoms. The Balaban J connectivity index is 3.03. The predicted molar refractivity (Wildman–Crippen MR) is 87.5 cm³/mol. The molecule has 0 saturated heterocycles. The first-order chi connectivity index (χ1) is 9.63. The summed E-state index contributed by atoms with van der Waals surface area (Å²) in [6.07, 6.45) is 1.14. The molecular weight excluding hydrogens is 248 g/mol. The van der Waals surface area contributed by atoms with Gasteiger partial charge in [0.05, 0.1) is 6.61 Å². The molecule has 0 aromatic heterocycles. The maximum absolute atomic E-state index is 5.28. The van der Waals surface area contributed by atoms with Crippen molar-refractivity contribution < 1.29 is 4.74 Å². The van der Waals surface area contributed by atoms with Crippen LogP contribution < -0.4 is 10.2 Å². The summed E-state index contributed by atoms with van der Waals surface area (Å²) >= 11 is 0. The molecule has 1 rings (SSSR count). The highest BCUT2D eigenvalue weighted by molar-refractivity contribution is 5.55. The summed E-state index contributed by atoms with van der Waals surface area (Å²) in [6.45, 7) is 12.4. The highest BCUT2D eigenvalue weighted by Gasteiger charge is 2.16. The van der Waals surface area contributed by atoms with Crippen molar-refractivity contribution in [3.8, 4) is 0 Å². The van der Waals surface area contributed by atoms with Crippen molar-refractivity contribution in [1.82, 2.24) is 5.32 Å². The molecule has 0 aliphatic rings. The lowest BCUT2D eigenvalue weighted by molar-refractivity contribution is 0.203. The third kappa shape index (κ3) is 4.80. The van der Waals surface area contributed by atoms with Crippen LogP contribution in [0, 0.1) is 6.92 Å². The minimum atomic E-state index is 0.522. The number of methoxy groups -OCH3 is 1. The van der Waals surface area contributed by atoms with Gasteiger partial charge in [0.15, 0.2) is 0 Å². The summed E-state index contributed by atoms with van der Waals surface area (Å²) in [5, 5.41) is 3.44. The van der Waals surface area contributed by atoms with Crippen molar-refractivity contribution in [2.75, 3.05) is 31.7 Å². The van der Waals surface area contributed by atoms with E-state index in [9.17, 15) is 0 Å². The molecule has 0 amide bonds. The van der Waals surface area contributed by atoms with E-state index in [1.807, 2.05) is 0 Å². The topological polar surface area (TPSA) is 24.5 Å². The van der Waals surface area contributed by atoms with Gasteiger partial charge in [0, 0.05) is 31.9 Å². The zero-order valence-electron chi connectivity index (χ0n) is 13.7. The Hall–Kier alpha value is -1.06. The molecule has 114 valence electrons. The van der Waals surface area contributed by atoms with Crippen molar-refractivity contribution in [3.63, 3.8) is 0 Å². The number of benzene rings is 1. The van der Waals surface area contributed by atoms with Gasteiger partial charge >= 0.3 is 0 Å². The summed E-state index contributed by atoms with van der Waals surface area (Å²) in [5.74, 6) is 0. The van der Waals surface area contributed by atoms with Crippen LogP contribution >= 0.6 is 0 Å². The van der Waals surface area contributed by atoms with Crippen LogP contribution in [0.1, 0.15) is 38.3 Å². The van der Waals surface area contributed by atoms with Gasteiger partial charge in [0.2, 0.25) is 0 Å². The van der Waals surface area contributed by atoms with Gasteiger partial charge in [-0.05, 0) is 38.4 Å². The first-order valence-corrected chi connectivity index (χ1v) is 7.69. The predicted octanol–water partition coefficient (Wildman–Crippen LogP) is 3.36. The molecule has 0 saturated carbocycles. The van der Waals surface area contributed by atoms with Crippen LogP contribution in [0.5, 0.6) is 0 Å². The van der Waals surface area contributed by atoms with Gasteiger partial charge < -0.3 is 15.0 Å². The van der Waals surface area contributed by atoms with Gasteiger partial charge in [-0.3, -0.25) is 0 Å². The Bertz CT molecular complexity index is 393. The highest BCUT2D eigenvalue weighted by Crippen LogP contribution is 2.25. The normalized spacial score (nSPS) is 12.4. The first kappa shape index (κ1) is 17.0. The summed E-state index contributed by atoms with van der Waals surface area (Å²) < 4.78 is 5.28. The van der Waals surface area contributed by atoms with E-state index in [2.05, 4.69) is 56.1 Å². The molecule has 1 atom stereocenters. The molecule has 1 aromatic carbocycles. The fourth-order valence-corrected chi connectivity index (χ4v) is 2.38. The average molecular weight is 278 g/mol. The lowest BCUT2D eigenvalue weighted by atomic mass is 10.1. The van der Waals surface area contributed by atoms with Crippen LogP contribution in [-0.2, 0) is 11.3 Å². The van der Waals surface area contributed by atoms with Crippen molar-refractivity contribution >= 4 is 5.69 Å². The van der Waals surface area contributed by atoms with Gasteiger partial charge in [0.1, 0.15) is 0 Å². The highest BCUT2D eigenvalue weighted by atomic mass is 16.5. The number of rotatable bonds is 9. The van der Waals surface area contributed by atoms with E-state index < -0.39 is 0 Å².